The van der Waals surface area contributed by atoms with Crippen molar-refractivity contribution in [2.24, 2.45) is 0 Å². The zero-order valence-corrected chi connectivity index (χ0v) is 14.7. The third-order valence-corrected chi connectivity index (χ3v) is 4.43. The molecule has 26 heavy (non-hydrogen) atoms. The topological polar surface area (TPSA) is 53.3 Å². The number of carbonyl (C=O) groups excluding carboxylic acids is 1. The predicted octanol–water partition coefficient (Wildman–Crippen LogP) is 4.19. The molecule has 2 aromatic carbocycles. The molecular weight excluding hydrogens is 324 g/mol. The third kappa shape index (κ3) is 4.73. The van der Waals surface area contributed by atoms with E-state index in [2.05, 4.69) is 0 Å². The van der Waals surface area contributed by atoms with Crippen molar-refractivity contribution in [1.29, 1.82) is 5.26 Å². The molecule has 0 saturated carbocycles. The molecule has 2 aromatic rings. The van der Waals surface area contributed by atoms with Gasteiger partial charge in [0, 0.05) is 13.1 Å². The summed E-state index contributed by atoms with van der Waals surface area (Å²) in [6.45, 7) is 1.99. The number of nitriles is 1. The van der Waals surface area contributed by atoms with E-state index in [0.29, 0.717) is 6.61 Å². The van der Waals surface area contributed by atoms with Crippen LogP contribution in [0.3, 0.4) is 0 Å². The number of likely N-dealkylation sites (tertiary alicyclic amines) is 1. The Morgan fingerprint density at radius 1 is 1.04 bits per heavy atom. The number of carbonyl (C=O) groups is 1. The largest absolute Gasteiger partial charge is 0.489 e. The van der Waals surface area contributed by atoms with Gasteiger partial charge in [0.2, 0.25) is 0 Å². The van der Waals surface area contributed by atoms with Gasteiger partial charge in [0.25, 0.3) is 5.91 Å². The molecule has 1 aliphatic heterocycles. The summed E-state index contributed by atoms with van der Waals surface area (Å²) < 4.78 is 5.76. The van der Waals surface area contributed by atoms with Crippen molar-refractivity contribution in [1.82, 2.24) is 4.90 Å². The van der Waals surface area contributed by atoms with E-state index in [9.17, 15) is 10.1 Å². The first-order chi connectivity index (χ1) is 12.8. The maximum atomic E-state index is 12.5. The molecule has 0 unspecified atom stereocenters. The summed E-state index contributed by atoms with van der Waals surface area (Å²) in [5, 5.41) is 9.36. The van der Waals surface area contributed by atoms with E-state index in [-0.39, 0.29) is 11.5 Å². The highest BCUT2D eigenvalue weighted by Gasteiger charge is 2.20. The van der Waals surface area contributed by atoms with Crippen LogP contribution in [0.4, 0.5) is 0 Å². The smallest absolute Gasteiger partial charge is 0.264 e. The Kier molecular flexibility index (Phi) is 6.05. The summed E-state index contributed by atoms with van der Waals surface area (Å²) in [6, 6.07) is 19.5. The van der Waals surface area contributed by atoms with Crippen LogP contribution in [0.2, 0.25) is 0 Å². The van der Waals surface area contributed by atoms with E-state index >= 15 is 0 Å². The summed E-state index contributed by atoms with van der Waals surface area (Å²) in [4.78, 5) is 14.2. The molecule has 1 amide bonds. The number of benzene rings is 2. The summed E-state index contributed by atoms with van der Waals surface area (Å²) in [5.41, 5.74) is 2.11. The predicted molar refractivity (Wildman–Crippen MR) is 101 cm³/mol. The van der Waals surface area contributed by atoms with Gasteiger partial charge in [-0.3, -0.25) is 4.79 Å². The molecule has 132 valence electrons. The fourth-order valence-corrected chi connectivity index (χ4v) is 2.98. The lowest BCUT2D eigenvalue weighted by molar-refractivity contribution is -0.127. The number of rotatable bonds is 5. The average Bonchev–Trinajstić information content (AvgIpc) is 2.72. The molecule has 1 heterocycles. The lowest BCUT2D eigenvalue weighted by atomic mass is 10.1. The van der Waals surface area contributed by atoms with Gasteiger partial charge in [0.05, 0.1) is 0 Å². The minimum absolute atomic E-state index is 0.170. The van der Waals surface area contributed by atoms with E-state index < -0.39 is 0 Å². The standard InChI is InChI=1S/C22H22N2O2/c23-16-20(22(25)24-13-5-2-6-14-24)15-18-9-11-21(12-10-18)26-17-19-7-3-1-4-8-19/h1,3-4,7-12,15H,2,5-6,13-14,17H2. The summed E-state index contributed by atoms with van der Waals surface area (Å²) in [7, 11) is 0. The van der Waals surface area contributed by atoms with Crippen molar-refractivity contribution in [2.45, 2.75) is 25.9 Å². The minimum Gasteiger partial charge on any atom is -0.489 e. The van der Waals surface area contributed by atoms with Crippen LogP contribution in [-0.4, -0.2) is 23.9 Å². The Morgan fingerprint density at radius 2 is 1.73 bits per heavy atom. The van der Waals surface area contributed by atoms with Gasteiger partial charge in [0.15, 0.2) is 0 Å². The lowest BCUT2D eigenvalue weighted by Gasteiger charge is -2.26. The highest BCUT2D eigenvalue weighted by molar-refractivity contribution is 6.01. The molecule has 3 rings (SSSR count). The second kappa shape index (κ2) is 8.87. The van der Waals surface area contributed by atoms with Crippen LogP contribution >= 0.6 is 0 Å². The molecule has 1 aliphatic rings. The number of hydrogen-bond donors (Lipinski definition) is 0. The third-order valence-electron chi connectivity index (χ3n) is 4.43. The van der Waals surface area contributed by atoms with Crippen molar-refractivity contribution < 1.29 is 9.53 Å². The van der Waals surface area contributed by atoms with E-state index in [0.717, 1.165) is 49.2 Å². The molecule has 4 heteroatoms. The first-order valence-corrected chi connectivity index (χ1v) is 8.94. The monoisotopic (exact) mass is 346 g/mol. The van der Waals surface area contributed by atoms with E-state index in [1.165, 1.54) is 0 Å². The molecule has 1 fully saturated rings. The van der Waals surface area contributed by atoms with Crippen molar-refractivity contribution in [3.8, 4) is 11.8 Å². The van der Waals surface area contributed by atoms with Gasteiger partial charge in [-0.05, 0) is 48.6 Å². The van der Waals surface area contributed by atoms with Crippen molar-refractivity contribution in [3.05, 3.63) is 71.3 Å². The molecule has 0 spiro atoms. The Labute approximate surface area is 154 Å². The zero-order valence-electron chi connectivity index (χ0n) is 14.7. The van der Waals surface area contributed by atoms with Crippen molar-refractivity contribution in [3.63, 3.8) is 0 Å². The Bertz CT molecular complexity index is 798. The van der Waals surface area contributed by atoms with Crippen molar-refractivity contribution in [2.75, 3.05) is 13.1 Å². The van der Waals surface area contributed by atoms with Gasteiger partial charge in [-0.2, -0.15) is 5.26 Å². The second-order valence-corrected chi connectivity index (χ2v) is 6.37. The van der Waals surface area contributed by atoms with Crippen LogP contribution in [0.15, 0.2) is 60.2 Å². The van der Waals surface area contributed by atoms with Gasteiger partial charge in [-0.25, -0.2) is 0 Å². The fourth-order valence-electron chi connectivity index (χ4n) is 2.98. The molecule has 0 N–H and O–H groups in total. The van der Waals surface area contributed by atoms with E-state index in [4.69, 9.17) is 4.74 Å². The molecule has 0 atom stereocenters. The SMILES string of the molecule is N#CC(=Cc1ccc(OCc2ccccc2)cc1)C(=O)N1CCCCC1. The summed E-state index contributed by atoms with van der Waals surface area (Å²) in [6.07, 6.45) is 4.83. The molecule has 0 bridgehead atoms. The van der Waals surface area contributed by atoms with Gasteiger partial charge in [-0.1, -0.05) is 42.5 Å². The highest BCUT2D eigenvalue weighted by Crippen LogP contribution is 2.18. The zero-order chi connectivity index (χ0) is 18.2. The van der Waals surface area contributed by atoms with Crippen LogP contribution in [0.5, 0.6) is 5.75 Å². The first-order valence-electron chi connectivity index (χ1n) is 8.94. The molecule has 1 saturated heterocycles. The first kappa shape index (κ1) is 17.8. The van der Waals surface area contributed by atoms with E-state index in [1.54, 1.807) is 11.0 Å². The van der Waals surface area contributed by atoms with Crippen LogP contribution in [0, 0.1) is 11.3 Å². The van der Waals surface area contributed by atoms with Gasteiger partial charge >= 0.3 is 0 Å². The van der Waals surface area contributed by atoms with Crippen molar-refractivity contribution >= 4 is 12.0 Å². The molecule has 0 aliphatic carbocycles. The van der Waals surface area contributed by atoms with Gasteiger partial charge in [-0.15, -0.1) is 0 Å². The summed E-state index contributed by atoms with van der Waals surface area (Å²) in [5.74, 6) is 0.587. The number of ether oxygens (including phenoxy) is 1. The molecule has 4 nitrogen and oxygen atoms in total. The quantitative estimate of drug-likeness (QED) is 0.603. The highest BCUT2D eigenvalue weighted by atomic mass is 16.5. The maximum Gasteiger partial charge on any atom is 0.264 e. The molecular formula is C22H22N2O2. The van der Waals surface area contributed by atoms with Gasteiger partial charge < -0.3 is 9.64 Å². The minimum atomic E-state index is -0.170. The Morgan fingerprint density at radius 3 is 2.38 bits per heavy atom. The van der Waals surface area contributed by atoms with E-state index in [1.807, 2.05) is 60.7 Å². The molecule has 0 radical (unpaired) electrons. The average molecular weight is 346 g/mol. The normalized spacial score (nSPS) is 14.6. The Balaban J connectivity index is 1.64. The maximum absolute atomic E-state index is 12.5. The molecule has 0 aromatic heterocycles. The fraction of sp³-hybridized carbons (Fsp3) is 0.273. The summed E-state index contributed by atoms with van der Waals surface area (Å²) >= 11 is 0. The second-order valence-electron chi connectivity index (χ2n) is 6.37. The van der Waals surface area contributed by atoms with Crippen LogP contribution in [-0.2, 0) is 11.4 Å². The Hall–Kier alpha value is -3.06. The number of amides is 1. The van der Waals surface area contributed by atoms with Crippen LogP contribution in [0.25, 0.3) is 6.08 Å². The van der Waals surface area contributed by atoms with Crippen LogP contribution in [0.1, 0.15) is 30.4 Å². The lowest BCUT2D eigenvalue weighted by Crippen LogP contribution is -2.36. The number of hydrogen-bond acceptors (Lipinski definition) is 3. The number of piperidine rings is 1. The van der Waals surface area contributed by atoms with Crippen LogP contribution < -0.4 is 4.74 Å². The van der Waals surface area contributed by atoms with Gasteiger partial charge in [0.1, 0.15) is 24.0 Å². The number of nitrogens with zero attached hydrogens (tertiary/aromatic N) is 2.